The van der Waals surface area contributed by atoms with E-state index < -0.39 is 0 Å². The Balaban J connectivity index is 1.49. The third-order valence-electron chi connectivity index (χ3n) is 5.07. The molecule has 28 heavy (non-hydrogen) atoms. The Bertz CT molecular complexity index is 808. The molecule has 5 nitrogen and oxygen atoms in total. The maximum absolute atomic E-state index is 13.9. The van der Waals surface area contributed by atoms with Crippen molar-refractivity contribution in [1.29, 1.82) is 0 Å². The van der Waals surface area contributed by atoms with Crippen LogP contribution in [-0.4, -0.2) is 55.0 Å². The zero-order valence-electron chi connectivity index (χ0n) is 16.1. The molecule has 1 N–H and O–H groups in total. The van der Waals surface area contributed by atoms with Crippen LogP contribution in [0.4, 0.5) is 10.1 Å². The average molecular weight is 406 g/mol. The van der Waals surface area contributed by atoms with Crippen molar-refractivity contribution in [1.82, 2.24) is 9.80 Å². The summed E-state index contributed by atoms with van der Waals surface area (Å²) in [6, 6.07) is 11.9. The number of methoxy groups -OCH3 is 1. The second-order valence-electron chi connectivity index (χ2n) is 6.95. The van der Waals surface area contributed by atoms with E-state index in [4.69, 9.17) is 16.3 Å². The van der Waals surface area contributed by atoms with Gasteiger partial charge in [0.15, 0.2) is 11.6 Å². The molecule has 0 saturated carbocycles. The molecule has 0 aromatic heterocycles. The lowest BCUT2D eigenvalue weighted by Crippen LogP contribution is -2.52. The highest BCUT2D eigenvalue weighted by atomic mass is 35.5. The van der Waals surface area contributed by atoms with Gasteiger partial charge >= 0.3 is 0 Å². The number of carbonyl (C=O) groups is 1. The fourth-order valence-electron chi connectivity index (χ4n) is 3.32. The van der Waals surface area contributed by atoms with Gasteiger partial charge in [-0.3, -0.25) is 14.6 Å². The predicted octanol–water partition coefficient (Wildman–Crippen LogP) is 3.63. The minimum Gasteiger partial charge on any atom is -0.494 e. The Labute approximate surface area is 170 Å². The number of anilines is 1. The first-order chi connectivity index (χ1) is 13.5. The van der Waals surface area contributed by atoms with Crippen molar-refractivity contribution >= 4 is 23.2 Å². The minimum absolute atomic E-state index is 0.0343. The van der Waals surface area contributed by atoms with E-state index in [0.717, 1.165) is 37.4 Å². The lowest BCUT2D eigenvalue weighted by atomic mass is 10.1. The van der Waals surface area contributed by atoms with Crippen molar-refractivity contribution in [3.05, 3.63) is 58.9 Å². The lowest BCUT2D eigenvalue weighted by Gasteiger charge is -2.37. The average Bonchev–Trinajstić information content (AvgIpc) is 2.70. The van der Waals surface area contributed by atoms with Crippen LogP contribution in [0.25, 0.3) is 0 Å². The van der Waals surface area contributed by atoms with Crippen molar-refractivity contribution < 1.29 is 13.9 Å². The molecule has 0 bridgehead atoms. The van der Waals surface area contributed by atoms with Crippen LogP contribution < -0.4 is 10.1 Å². The SMILES string of the molecule is COc1ccc(CN2CCN(C(C)C(=O)Nc3ccc(Cl)cc3)CC2)cc1F. The highest BCUT2D eigenvalue weighted by molar-refractivity contribution is 6.30. The Kier molecular flexibility index (Phi) is 6.88. The molecule has 7 heteroatoms. The fourth-order valence-corrected chi connectivity index (χ4v) is 3.45. The highest BCUT2D eigenvalue weighted by Crippen LogP contribution is 2.20. The molecule has 1 aliphatic heterocycles. The molecule has 0 radical (unpaired) electrons. The normalized spacial score (nSPS) is 16.6. The van der Waals surface area contributed by atoms with Gasteiger partial charge in [0.25, 0.3) is 0 Å². The molecule has 1 heterocycles. The first kappa shape index (κ1) is 20.6. The Hall–Kier alpha value is -2.15. The quantitative estimate of drug-likeness (QED) is 0.797. The molecule has 1 unspecified atom stereocenters. The number of ether oxygens (including phenoxy) is 1. The molecule has 2 aromatic carbocycles. The van der Waals surface area contributed by atoms with E-state index >= 15 is 0 Å². The highest BCUT2D eigenvalue weighted by Gasteiger charge is 2.25. The molecule has 1 saturated heterocycles. The van der Waals surface area contributed by atoms with Crippen LogP contribution in [0, 0.1) is 5.82 Å². The van der Waals surface area contributed by atoms with Gasteiger partial charge in [0.1, 0.15) is 0 Å². The van der Waals surface area contributed by atoms with Crippen molar-refractivity contribution in [3.8, 4) is 5.75 Å². The van der Waals surface area contributed by atoms with Crippen LogP contribution in [0.15, 0.2) is 42.5 Å². The second kappa shape index (κ2) is 9.37. The van der Waals surface area contributed by atoms with Crippen molar-refractivity contribution in [3.63, 3.8) is 0 Å². The molecule has 2 aromatic rings. The summed E-state index contributed by atoms with van der Waals surface area (Å²) < 4.78 is 18.8. The largest absolute Gasteiger partial charge is 0.494 e. The molecular formula is C21H25ClFN3O2. The number of amides is 1. The summed E-state index contributed by atoms with van der Waals surface area (Å²) in [6.07, 6.45) is 0. The summed E-state index contributed by atoms with van der Waals surface area (Å²) in [6.45, 7) is 5.82. The molecule has 1 fully saturated rings. The monoisotopic (exact) mass is 405 g/mol. The molecule has 1 atom stereocenters. The molecule has 150 valence electrons. The zero-order valence-corrected chi connectivity index (χ0v) is 16.9. The summed E-state index contributed by atoms with van der Waals surface area (Å²) in [5, 5.41) is 3.57. The Morgan fingerprint density at radius 2 is 1.86 bits per heavy atom. The number of carbonyl (C=O) groups excluding carboxylic acids is 1. The Morgan fingerprint density at radius 3 is 2.46 bits per heavy atom. The Morgan fingerprint density at radius 1 is 1.18 bits per heavy atom. The van der Waals surface area contributed by atoms with E-state index in [-0.39, 0.29) is 23.5 Å². The first-order valence-electron chi connectivity index (χ1n) is 9.31. The van der Waals surface area contributed by atoms with E-state index in [1.807, 2.05) is 13.0 Å². The van der Waals surface area contributed by atoms with Gasteiger partial charge in [-0.05, 0) is 48.9 Å². The van der Waals surface area contributed by atoms with Crippen LogP contribution in [0.1, 0.15) is 12.5 Å². The number of nitrogens with one attached hydrogen (secondary N) is 1. The molecule has 3 rings (SSSR count). The second-order valence-corrected chi connectivity index (χ2v) is 7.39. The number of nitrogens with zero attached hydrogens (tertiary/aromatic N) is 2. The van der Waals surface area contributed by atoms with Crippen LogP contribution in [0.3, 0.4) is 0 Å². The first-order valence-corrected chi connectivity index (χ1v) is 9.69. The van der Waals surface area contributed by atoms with Gasteiger partial charge in [-0.25, -0.2) is 4.39 Å². The zero-order chi connectivity index (χ0) is 20.1. The minimum atomic E-state index is -0.342. The number of halogens is 2. The number of piperazine rings is 1. The van der Waals surface area contributed by atoms with Gasteiger partial charge < -0.3 is 10.1 Å². The topological polar surface area (TPSA) is 44.8 Å². The van der Waals surface area contributed by atoms with E-state index in [9.17, 15) is 9.18 Å². The van der Waals surface area contributed by atoms with Crippen molar-refractivity contribution in [2.75, 3.05) is 38.6 Å². The number of rotatable bonds is 6. The van der Waals surface area contributed by atoms with Crippen LogP contribution in [-0.2, 0) is 11.3 Å². The van der Waals surface area contributed by atoms with E-state index in [2.05, 4.69) is 15.1 Å². The summed E-state index contributed by atoms with van der Waals surface area (Å²) in [5.41, 5.74) is 1.65. The number of benzene rings is 2. The lowest BCUT2D eigenvalue weighted by molar-refractivity contribution is -0.121. The summed E-state index contributed by atoms with van der Waals surface area (Å²) >= 11 is 5.88. The van der Waals surface area contributed by atoms with Gasteiger partial charge in [0.2, 0.25) is 5.91 Å². The van der Waals surface area contributed by atoms with Crippen LogP contribution >= 0.6 is 11.6 Å². The molecule has 0 spiro atoms. The van der Waals surface area contributed by atoms with E-state index in [0.29, 0.717) is 11.6 Å². The molecule has 1 aliphatic rings. The van der Waals surface area contributed by atoms with Gasteiger partial charge in [-0.1, -0.05) is 17.7 Å². The summed E-state index contributed by atoms with van der Waals surface area (Å²) in [7, 11) is 1.46. The van der Waals surface area contributed by atoms with Crippen LogP contribution in [0.5, 0.6) is 5.75 Å². The smallest absolute Gasteiger partial charge is 0.241 e. The van der Waals surface area contributed by atoms with Gasteiger partial charge in [-0.15, -0.1) is 0 Å². The molecule has 1 amide bonds. The molecule has 0 aliphatic carbocycles. The maximum Gasteiger partial charge on any atom is 0.241 e. The number of hydrogen-bond acceptors (Lipinski definition) is 4. The van der Waals surface area contributed by atoms with Crippen LogP contribution in [0.2, 0.25) is 5.02 Å². The van der Waals surface area contributed by atoms with Crippen molar-refractivity contribution in [2.24, 2.45) is 0 Å². The number of hydrogen-bond donors (Lipinski definition) is 1. The standard InChI is InChI=1S/C21H25ClFN3O2/c1-15(21(27)24-18-6-4-17(22)5-7-18)26-11-9-25(10-12-26)14-16-3-8-20(28-2)19(23)13-16/h3-8,13,15H,9-12,14H2,1-2H3,(H,24,27). The van der Waals surface area contributed by atoms with Gasteiger partial charge in [0, 0.05) is 43.4 Å². The summed E-state index contributed by atoms with van der Waals surface area (Å²) in [5.74, 6) is -0.117. The summed E-state index contributed by atoms with van der Waals surface area (Å²) in [4.78, 5) is 16.9. The third kappa shape index (κ3) is 5.22. The maximum atomic E-state index is 13.9. The third-order valence-corrected chi connectivity index (χ3v) is 5.32. The van der Waals surface area contributed by atoms with Gasteiger partial charge in [-0.2, -0.15) is 0 Å². The van der Waals surface area contributed by atoms with E-state index in [1.54, 1.807) is 30.3 Å². The van der Waals surface area contributed by atoms with Gasteiger partial charge in [0.05, 0.1) is 13.2 Å². The molecular weight excluding hydrogens is 381 g/mol. The van der Waals surface area contributed by atoms with E-state index in [1.165, 1.54) is 13.2 Å². The predicted molar refractivity (Wildman–Crippen MR) is 109 cm³/mol. The van der Waals surface area contributed by atoms with Crippen molar-refractivity contribution in [2.45, 2.75) is 19.5 Å². The fraction of sp³-hybridized carbons (Fsp3) is 0.381.